The van der Waals surface area contributed by atoms with Crippen LogP contribution in [0, 0.1) is 13.8 Å². The quantitative estimate of drug-likeness (QED) is 0.181. The van der Waals surface area contributed by atoms with Crippen LogP contribution in [-0.2, 0) is 22.5 Å². The Bertz CT molecular complexity index is 1580. The summed E-state index contributed by atoms with van der Waals surface area (Å²) in [6.45, 7) is 7.74. The fourth-order valence-electron chi connectivity index (χ4n) is 6.68. The maximum absolute atomic E-state index is 14.6. The average Bonchev–Trinajstić information content (AvgIpc) is 3.90. The molecule has 2 atom stereocenters. The van der Waals surface area contributed by atoms with Gasteiger partial charge in [0.1, 0.15) is 19.0 Å². The molecular formula is C38H45Cl2N3O4. The van der Waals surface area contributed by atoms with Gasteiger partial charge in [0.05, 0.1) is 16.1 Å². The third-order valence-corrected chi connectivity index (χ3v) is 9.85. The number of hydrogen-bond donors (Lipinski definition) is 2. The molecule has 2 aliphatic heterocycles. The van der Waals surface area contributed by atoms with Gasteiger partial charge in [-0.1, -0.05) is 53.5 Å². The second kappa shape index (κ2) is 15.4. The lowest BCUT2D eigenvalue weighted by Crippen LogP contribution is -2.60. The fraction of sp³-hybridized carbons (Fsp3) is 0.447. The zero-order chi connectivity index (χ0) is 32.9. The van der Waals surface area contributed by atoms with Crippen LogP contribution >= 0.6 is 23.2 Å². The number of halogens is 2. The zero-order valence-electron chi connectivity index (χ0n) is 27.5. The van der Waals surface area contributed by atoms with Crippen LogP contribution in [0.15, 0.2) is 60.2 Å². The molecular weight excluding hydrogens is 633 g/mol. The Hall–Kier alpha value is -3.07. The molecule has 0 unspecified atom stereocenters. The number of nitrogens with zero attached hydrogens (tertiary/aromatic N) is 1. The molecule has 3 aliphatic rings. The number of carbonyl (C=O) groups is 1. The molecule has 0 spiro atoms. The van der Waals surface area contributed by atoms with Crippen molar-refractivity contribution in [2.24, 2.45) is 0 Å². The molecule has 2 N–H and O–H groups in total. The van der Waals surface area contributed by atoms with Gasteiger partial charge in [-0.25, -0.2) is 0 Å². The Kier molecular flexibility index (Phi) is 11.1. The van der Waals surface area contributed by atoms with Crippen molar-refractivity contribution >= 4 is 34.7 Å². The molecule has 1 saturated heterocycles. The van der Waals surface area contributed by atoms with Gasteiger partial charge in [-0.3, -0.25) is 4.79 Å². The fourth-order valence-corrected chi connectivity index (χ4v) is 7.39. The normalized spacial score (nSPS) is 19.1. The second-order valence-electron chi connectivity index (χ2n) is 13.0. The van der Waals surface area contributed by atoms with Crippen LogP contribution in [0.25, 0.3) is 5.57 Å². The van der Waals surface area contributed by atoms with E-state index in [1.54, 1.807) is 7.11 Å². The second-order valence-corrected chi connectivity index (χ2v) is 13.8. The number of nitrogens with one attached hydrogen (secondary N) is 2. The van der Waals surface area contributed by atoms with Gasteiger partial charge in [-0.05, 0) is 104 Å². The molecule has 2 fully saturated rings. The predicted octanol–water partition coefficient (Wildman–Crippen LogP) is 6.93. The first kappa shape index (κ1) is 33.8. The largest absolute Gasteiger partial charge is 0.490 e. The molecule has 1 aliphatic carbocycles. The van der Waals surface area contributed by atoms with Crippen LogP contribution in [0.1, 0.15) is 53.5 Å². The molecule has 6 rings (SSSR count). The first-order valence-corrected chi connectivity index (χ1v) is 17.5. The van der Waals surface area contributed by atoms with E-state index in [9.17, 15) is 4.79 Å². The Morgan fingerprint density at radius 3 is 2.40 bits per heavy atom. The highest BCUT2D eigenvalue weighted by atomic mass is 35.5. The van der Waals surface area contributed by atoms with E-state index in [2.05, 4.69) is 52.8 Å². The molecule has 1 saturated carbocycles. The summed E-state index contributed by atoms with van der Waals surface area (Å²) in [4.78, 5) is 16.8. The lowest BCUT2D eigenvalue weighted by Gasteiger charge is -2.41. The number of fused-ring (bicyclic) bond motifs is 2. The first-order valence-electron chi connectivity index (χ1n) is 16.7. The summed E-state index contributed by atoms with van der Waals surface area (Å²) in [6, 6.07) is 19.0. The molecule has 0 aromatic heterocycles. The standard InChI is InChI=1S/C38H45Cl2N3O4/c1-24-17-33(39)37(34(40)18-24)47-16-15-46-31-12-8-27(9-13-31)32-20-29-21-41-22-35(42-29)36(32)38(44)43(30-10-11-30)23-28-19-26(5-4-14-45-3)7-6-25(28)2/h6-9,12-13,17-19,29-30,35,41-42H,4-5,10-11,14-16,20-23H2,1-3H3/t29-,35-/m1/s1. The number of methoxy groups -OCH3 is 1. The number of rotatable bonds is 14. The predicted molar refractivity (Wildman–Crippen MR) is 189 cm³/mol. The molecule has 9 heteroatoms. The van der Waals surface area contributed by atoms with Gasteiger partial charge < -0.3 is 29.7 Å². The van der Waals surface area contributed by atoms with Gasteiger partial charge in [0.2, 0.25) is 0 Å². The van der Waals surface area contributed by atoms with E-state index in [0.717, 1.165) is 79.8 Å². The van der Waals surface area contributed by atoms with E-state index < -0.39 is 0 Å². The number of hydrogen-bond acceptors (Lipinski definition) is 6. The Labute approximate surface area is 288 Å². The molecule has 7 nitrogen and oxygen atoms in total. The van der Waals surface area contributed by atoms with E-state index in [4.69, 9.17) is 37.4 Å². The van der Waals surface area contributed by atoms with Crippen LogP contribution in [-0.4, -0.2) is 69.0 Å². The first-order chi connectivity index (χ1) is 22.8. The smallest absolute Gasteiger partial charge is 0.252 e. The molecule has 1 amide bonds. The highest BCUT2D eigenvalue weighted by Crippen LogP contribution is 2.37. The molecule has 2 heterocycles. The molecule has 3 aromatic carbocycles. The zero-order valence-corrected chi connectivity index (χ0v) is 29.1. The van der Waals surface area contributed by atoms with Crippen molar-refractivity contribution in [3.8, 4) is 11.5 Å². The topological polar surface area (TPSA) is 72.1 Å². The number of amides is 1. The van der Waals surface area contributed by atoms with Gasteiger partial charge in [0.25, 0.3) is 5.91 Å². The van der Waals surface area contributed by atoms with Crippen LogP contribution in [0.3, 0.4) is 0 Å². The van der Waals surface area contributed by atoms with E-state index >= 15 is 0 Å². The summed E-state index contributed by atoms with van der Waals surface area (Å²) in [5.41, 5.74) is 7.82. The van der Waals surface area contributed by atoms with Crippen molar-refractivity contribution in [1.29, 1.82) is 0 Å². The number of ether oxygens (including phenoxy) is 3. The number of aryl methyl sites for hydroxylation is 3. The van der Waals surface area contributed by atoms with E-state index in [0.29, 0.717) is 35.6 Å². The Morgan fingerprint density at radius 2 is 1.68 bits per heavy atom. The maximum atomic E-state index is 14.6. The van der Waals surface area contributed by atoms with Gasteiger partial charge in [0, 0.05) is 51.0 Å². The number of benzene rings is 3. The van der Waals surface area contributed by atoms with Gasteiger partial charge in [-0.2, -0.15) is 0 Å². The van der Waals surface area contributed by atoms with Crippen molar-refractivity contribution in [3.63, 3.8) is 0 Å². The van der Waals surface area contributed by atoms with Crippen LogP contribution in [0.2, 0.25) is 10.0 Å². The van der Waals surface area contributed by atoms with Gasteiger partial charge >= 0.3 is 0 Å². The third-order valence-electron chi connectivity index (χ3n) is 9.29. The number of carbonyl (C=O) groups excluding carboxylic acids is 1. The van der Waals surface area contributed by atoms with Crippen molar-refractivity contribution in [3.05, 3.63) is 98.0 Å². The summed E-state index contributed by atoms with van der Waals surface area (Å²) >= 11 is 12.6. The van der Waals surface area contributed by atoms with Crippen molar-refractivity contribution in [1.82, 2.24) is 15.5 Å². The molecule has 47 heavy (non-hydrogen) atoms. The van der Waals surface area contributed by atoms with Crippen LogP contribution < -0.4 is 20.1 Å². The lowest BCUT2D eigenvalue weighted by atomic mass is 9.83. The van der Waals surface area contributed by atoms with Crippen molar-refractivity contribution in [2.75, 3.05) is 40.0 Å². The monoisotopic (exact) mass is 677 g/mol. The third kappa shape index (κ3) is 8.33. The van der Waals surface area contributed by atoms with E-state index in [1.807, 2.05) is 31.2 Å². The van der Waals surface area contributed by atoms with Crippen molar-refractivity contribution < 1.29 is 19.0 Å². The Morgan fingerprint density at radius 1 is 0.936 bits per heavy atom. The van der Waals surface area contributed by atoms with Crippen LogP contribution in [0.5, 0.6) is 11.5 Å². The number of piperazine rings is 1. The summed E-state index contributed by atoms with van der Waals surface area (Å²) in [5, 5.41) is 8.27. The van der Waals surface area contributed by atoms with Crippen molar-refractivity contribution in [2.45, 2.75) is 70.6 Å². The van der Waals surface area contributed by atoms with Crippen LogP contribution in [0.4, 0.5) is 0 Å². The Balaban J connectivity index is 1.18. The summed E-state index contributed by atoms with van der Waals surface area (Å²) in [6.07, 6.45) is 4.85. The van der Waals surface area contributed by atoms with E-state index in [1.165, 1.54) is 16.7 Å². The summed E-state index contributed by atoms with van der Waals surface area (Å²) in [7, 11) is 1.74. The minimum atomic E-state index is -0.0266. The highest BCUT2D eigenvalue weighted by Gasteiger charge is 2.41. The molecule has 3 aromatic rings. The van der Waals surface area contributed by atoms with E-state index in [-0.39, 0.29) is 24.0 Å². The van der Waals surface area contributed by atoms with Gasteiger partial charge in [0.15, 0.2) is 5.75 Å². The average molecular weight is 679 g/mol. The van der Waals surface area contributed by atoms with Gasteiger partial charge in [-0.15, -0.1) is 0 Å². The molecule has 0 radical (unpaired) electrons. The summed E-state index contributed by atoms with van der Waals surface area (Å²) < 4.78 is 17.1. The SMILES string of the molecule is COCCCc1ccc(C)c(CN(C(=O)C2=C(c3ccc(OCCOc4c(Cl)cc(C)cc4Cl)cc3)C[C@@H]3CNC[C@H]2N3)C2CC2)c1. The maximum Gasteiger partial charge on any atom is 0.252 e. The lowest BCUT2D eigenvalue weighted by molar-refractivity contribution is -0.128. The minimum Gasteiger partial charge on any atom is -0.490 e. The minimum absolute atomic E-state index is 0.0266. The molecule has 2 bridgehead atoms. The molecule has 250 valence electrons. The highest BCUT2D eigenvalue weighted by molar-refractivity contribution is 6.37. The summed E-state index contributed by atoms with van der Waals surface area (Å²) in [5.74, 6) is 1.36.